The number of alkyl halides is 1. The van der Waals surface area contributed by atoms with Crippen LogP contribution < -0.4 is 15.4 Å². The Hall–Kier alpha value is -3.42. The molecule has 2 aromatic carbocycles. The lowest BCUT2D eigenvalue weighted by Crippen LogP contribution is -2.38. The lowest BCUT2D eigenvalue weighted by Gasteiger charge is -2.26. The Morgan fingerprint density at radius 2 is 1.50 bits per heavy atom. The molecule has 1 aliphatic rings. The minimum Gasteiger partial charge on any atom is -0.484 e. The van der Waals surface area contributed by atoms with Crippen molar-refractivity contribution in [2.75, 3.05) is 26.2 Å². The van der Waals surface area contributed by atoms with E-state index in [4.69, 9.17) is 4.74 Å². The fourth-order valence-corrected chi connectivity index (χ4v) is 3.36. The number of halogens is 1. The third-order valence-electron chi connectivity index (χ3n) is 5.23. The summed E-state index contributed by atoms with van der Waals surface area (Å²) in [4.78, 5) is 38.2. The van der Waals surface area contributed by atoms with Crippen LogP contribution in [0.1, 0.15) is 40.7 Å². The van der Waals surface area contributed by atoms with Gasteiger partial charge in [-0.2, -0.15) is 0 Å². The molecule has 7 nitrogen and oxygen atoms in total. The number of rotatable bonds is 9. The van der Waals surface area contributed by atoms with E-state index in [1.807, 2.05) is 17.0 Å². The molecule has 3 rings (SSSR count). The van der Waals surface area contributed by atoms with Crippen molar-refractivity contribution in [1.29, 1.82) is 0 Å². The molecule has 0 atom stereocenters. The number of ether oxygens (including phenoxy) is 1. The van der Waals surface area contributed by atoms with Gasteiger partial charge in [-0.3, -0.25) is 14.4 Å². The average Bonchev–Trinajstić information content (AvgIpc) is 2.85. The summed E-state index contributed by atoms with van der Waals surface area (Å²) in [5, 5.41) is 5.21. The van der Waals surface area contributed by atoms with Gasteiger partial charge >= 0.3 is 0 Å². The zero-order valence-electron chi connectivity index (χ0n) is 17.9. The van der Waals surface area contributed by atoms with Crippen LogP contribution in [0.3, 0.4) is 0 Å². The average molecular weight is 442 g/mol. The van der Waals surface area contributed by atoms with Gasteiger partial charge in [0.25, 0.3) is 11.8 Å². The van der Waals surface area contributed by atoms with E-state index in [0.717, 1.165) is 31.5 Å². The zero-order chi connectivity index (χ0) is 22.8. The van der Waals surface area contributed by atoms with Crippen molar-refractivity contribution in [3.05, 3.63) is 65.2 Å². The highest BCUT2D eigenvalue weighted by molar-refractivity contribution is 5.94. The molecule has 0 bridgehead atoms. The van der Waals surface area contributed by atoms with Crippen LogP contribution in [0, 0.1) is 0 Å². The molecular formula is C24H28FN3O4. The fourth-order valence-electron chi connectivity index (χ4n) is 3.36. The molecule has 8 heteroatoms. The largest absolute Gasteiger partial charge is 0.484 e. The van der Waals surface area contributed by atoms with E-state index in [2.05, 4.69) is 10.6 Å². The van der Waals surface area contributed by atoms with Gasteiger partial charge < -0.3 is 20.3 Å². The molecule has 1 heterocycles. The quantitative estimate of drug-likeness (QED) is 0.626. The number of hydrogen-bond acceptors (Lipinski definition) is 4. The topological polar surface area (TPSA) is 87.7 Å². The molecule has 0 spiro atoms. The summed E-state index contributed by atoms with van der Waals surface area (Å²) in [5.41, 5.74) is 2.04. The lowest BCUT2D eigenvalue weighted by molar-refractivity contribution is -0.127. The molecule has 0 aliphatic carbocycles. The molecule has 2 aromatic rings. The van der Waals surface area contributed by atoms with Crippen molar-refractivity contribution in [3.63, 3.8) is 0 Å². The van der Waals surface area contributed by atoms with Crippen LogP contribution in [-0.2, 0) is 22.8 Å². The van der Waals surface area contributed by atoms with Crippen LogP contribution >= 0.6 is 0 Å². The molecule has 32 heavy (non-hydrogen) atoms. The molecule has 0 radical (unpaired) electrons. The summed E-state index contributed by atoms with van der Waals surface area (Å²) < 4.78 is 17.8. The van der Waals surface area contributed by atoms with E-state index in [1.54, 1.807) is 36.4 Å². The number of likely N-dealkylation sites (tertiary alicyclic amines) is 1. The monoisotopic (exact) mass is 441 g/mol. The van der Waals surface area contributed by atoms with E-state index in [-0.39, 0.29) is 25.0 Å². The second-order valence-electron chi connectivity index (χ2n) is 7.67. The zero-order valence-corrected chi connectivity index (χ0v) is 17.9. The molecule has 3 amide bonds. The van der Waals surface area contributed by atoms with Crippen molar-refractivity contribution in [2.24, 2.45) is 0 Å². The highest BCUT2D eigenvalue weighted by Crippen LogP contribution is 2.14. The van der Waals surface area contributed by atoms with Crippen LogP contribution in [0.25, 0.3) is 0 Å². The van der Waals surface area contributed by atoms with Gasteiger partial charge in [0.1, 0.15) is 12.4 Å². The second-order valence-corrected chi connectivity index (χ2v) is 7.67. The third kappa shape index (κ3) is 7.08. The molecular weight excluding hydrogens is 413 g/mol. The number of amides is 3. The van der Waals surface area contributed by atoms with Gasteiger partial charge in [0.05, 0.1) is 6.54 Å². The maximum absolute atomic E-state index is 12.5. The SMILES string of the molecule is O=C(CNC(=O)COc1ccc(CF)cc1)NCc1ccc(C(=O)N2CCCCC2)cc1. The lowest BCUT2D eigenvalue weighted by atomic mass is 10.1. The number of piperidine rings is 1. The van der Waals surface area contributed by atoms with Crippen LogP contribution in [-0.4, -0.2) is 48.9 Å². The van der Waals surface area contributed by atoms with Gasteiger partial charge in [-0.1, -0.05) is 24.3 Å². The van der Waals surface area contributed by atoms with Gasteiger partial charge in [-0.15, -0.1) is 0 Å². The Labute approximate surface area is 186 Å². The minimum absolute atomic E-state index is 0.0450. The first-order valence-electron chi connectivity index (χ1n) is 10.7. The summed E-state index contributed by atoms with van der Waals surface area (Å²) in [6, 6.07) is 13.5. The first-order chi connectivity index (χ1) is 15.5. The standard InChI is InChI=1S/C24H28FN3O4/c25-14-18-6-10-21(11-7-18)32-17-23(30)27-16-22(29)26-15-19-4-8-20(9-5-19)24(31)28-12-2-1-3-13-28/h4-11H,1-3,12-17H2,(H,26,29)(H,27,30). The third-order valence-corrected chi connectivity index (χ3v) is 5.23. The first-order valence-corrected chi connectivity index (χ1v) is 10.7. The predicted octanol–water partition coefficient (Wildman–Crippen LogP) is 2.59. The molecule has 2 N–H and O–H groups in total. The molecule has 1 saturated heterocycles. The van der Waals surface area contributed by atoms with Gasteiger partial charge in [0.15, 0.2) is 6.61 Å². The van der Waals surface area contributed by atoms with Gasteiger partial charge in [0.2, 0.25) is 5.91 Å². The van der Waals surface area contributed by atoms with E-state index in [9.17, 15) is 18.8 Å². The number of carbonyl (C=O) groups is 3. The van der Waals surface area contributed by atoms with Crippen LogP contribution in [0.4, 0.5) is 4.39 Å². The van der Waals surface area contributed by atoms with Crippen molar-refractivity contribution in [2.45, 2.75) is 32.5 Å². The Balaban J connectivity index is 1.35. The van der Waals surface area contributed by atoms with Crippen LogP contribution in [0.2, 0.25) is 0 Å². The fraction of sp³-hybridized carbons (Fsp3) is 0.375. The normalized spacial score (nSPS) is 13.3. The summed E-state index contributed by atoms with van der Waals surface area (Å²) in [6.07, 6.45) is 3.27. The number of carbonyl (C=O) groups excluding carboxylic acids is 3. The maximum Gasteiger partial charge on any atom is 0.258 e. The van der Waals surface area contributed by atoms with Crippen LogP contribution in [0.5, 0.6) is 5.75 Å². The van der Waals surface area contributed by atoms with Crippen molar-refractivity contribution >= 4 is 17.7 Å². The highest BCUT2D eigenvalue weighted by Gasteiger charge is 2.17. The van der Waals surface area contributed by atoms with Gasteiger partial charge in [-0.05, 0) is 54.7 Å². The minimum atomic E-state index is -0.559. The summed E-state index contributed by atoms with van der Waals surface area (Å²) in [6.45, 7) is 0.933. The first kappa shape index (κ1) is 23.2. The van der Waals surface area contributed by atoms with Crippen molar-refractivity contribution in [1.82, 2.24) is 15.5 Å². The van der Waals surface area contributed by atoms with E-state index < -0.39 is 12.6 Å². The highest BCUT2D eigenvalue weighted by atomic mass is 19.1. The van der Waals surface area contributed by atoms with Crippen molar-refractivity contribution < 1.29 is 23.5 Å². The second kappa shape index (κ2) is 11.8. The van der Waals surface area contributed by atoms with Gasteiger partial charge in [0, 0.05) is 25.2 Å². The van der Waals surface area contributed by atoms with E-state index >= 15 is 0 Å². The number of nitrogens with zero attached hydrogens (tertiary/aromatic N) is 1. The molecule has 170 valence electrons. The summed E-state index contributed by atoms with van der Waals surface area (Å²) in [7, 11) is 0. The summed E-state index contributed by atoms with van der Waals surface area (Å²) in [5.74, 6) is -0.276. The van der Waals surface area contributed by atoms with E-state index in [1.165, 1.54) is 6.42 Å². The van der Waals surface area contributed by atoms with Crippen molar-refractivity contribution in [3.8, 4) is 5.75 Å². The molecule has 1 aliphatic heterocycles. The molecule has 0 aromatic heterocycles. The van der Waals surface area contributed by atoms with Crippen LogP contribution in [0.15, 0.2) is 48.5 Å². The maximum atomic E-state index is 12.5. The smallest absolute Gasteiger partial charge is 0.258 e. The summed E-state index contributed by atoms with van der Waals surface area (Å²) >= 11 is 0. The Morgan fingerprint density at radius 3 is 2.16 bits per heavy atom. The number of nitrogens with one attached hydrogen (secondary N) is 2. The predicted molar refractivity (Wildman–Crippen MR) is 118 cm³/mol. The number of benzene rings is 2. The Morgan fingerprint density at radius 1 is 0.844 bits per heavy atom. The Bertz CT molecular complexity index is 910. The molecule has 0 saturated carbocycles. The Kier molecular flexibility index (Phi) is 8.60. The van der Waals surface area contributed by atoms with E-state index in [0.29, 0.717) is 23.4 Å². The van der Waals surface area contributed by atoms with Gasteiger partial charge in [-0.25, -0.2) is 4.39 Å². The number of hydrogen-bond donors (Lipinski definition) is 2. The molecule has 1 fully saturated rings. The molecule has 0 unspecified atom stereocenters.